The van der Waals surface area contributed by atoms with E-state index in [0.717, 1.165) is 37.7 Å². The van der Waals surface area contributed by atoms with Crippen LogP contribution in [0.25, 0.3) is 0 Å². The molecule has 6 heteroatoms. The Morgan fingerprint density at radius 1 is 1.12 bits per heavy atom. The van der Waals surface area contributed by atoms with Gasteiger partial charge in [-0.3, -0.25) is 4.79 Å². The van der Waals surface area contributed by atoms with Gasteiger partial charge in [-0.2, -0.15) is 0 Å². The summed E-state index contributed by atoms with van der Waals surface area (Å²) in [6.45, 7) is 4.99. The predicted molar refractivity (Wildman–Crippen MR) is 101 cm³/mol. The Bertz CT molecular complexity index is 727. The second-order valence-electron chi connectivity index (χ2n) is 6.07. The van der Waals surface area contributed by atoms with Crippen molar-refractivity contribution in [2.75, 3.05) is 43.6 Å². The minimum absolute atomic E-state index is 0.202. The SMILES string of the molecule is COc1cccc(OC(C)C(=O)Nc2ccc(N3CCOCC3)cc2)c1. The van der Waals surface area contributed by atoms with Crippen LogP contribution in [0.1, 0.15) is 6.92 Å². The number of carbonyl (C=O) groups is 1. The molecule has 1 heterocycles. The maximum atomic E-state index is 12.4. The van der Waals surface area contributed by atoms with Gasteiger partial charge in [-0.05, 0) is 43.3 Å². The molecule has 0 aliphatic carbocycles. The number of hydrogen-bond donors (Lipinski definition) is 1. The summed E-state index contributed by atoms with van der Waals surface area (Å²) in [4.78, 5) is 14.6. The third-order valence-corrected chi connectivity index (χ3v) is 4.23. The zero-order valence-corrected chi connectivity index (χ0v) is 15.1. The number of benzene rings is 2. The van der Waals surface area contributed by atoms with Gasteiger partial charge in [-0.15, -0.1) is 0 Å². The van der Waals surface area contributed by atoms with Crippen LogP contribution in [0.3, 0.4) is 0 Å². The molecule has 1 saturated heterocycles. The molecule has 138 valence electrons. The maximum absolute atomic E-state index is 12.4. The van der Waals surface area contributed by atoms with Gasteiger partial charge in [-0.25, -0.2) is 0 Å². The summed E-state index contributed by atoms with van der Waals surface area (Å²) in [5.74, 6) is 1.08. The molecule has 1 amide bonds. The summed E-state index contributed by atoms with van der Waals surface area (Å²) in [5, 5.41) is 2.88. The summed E-state index contributed by atoms with van der Waals surface area (Å²) >= 11 is 0. The van der Waals surface area contributed by atoms with Crippen LogP contribution in [-0.4, -0.2) is 45.4 Å². The van der Waals surface area contributed by atoms with E-state index in [4.69, 9.17) is 14.2 Å². The molecule has 2 aromatic carbocycles. The van der Waals surface area contributed by atoms with Crippen molar-refractivity contribution < 1.29 is 19.0 Å². The average molecular weight is 356 g/mol. The van der Waals surface area contributed by atoms with Gasteiger partial charge in [0.1, 0.15) is 11.5 Å². The Balaban J connectivity index is 1.56. The fraction of sp³-hybridized carbons (Fsp3) is 0.350. The average Bonchev–Trinajstić information content (AvgIpc) is 2.69. The molecule has 2 aromatic rings. The molecule has 1 aliphatic heterocycles. The molecule has 1 unspecified atom stereocenters. The van der Waals surface area contributed by atoms with Crippen molar-refractivity contribution in [2.24, 2.45) is 0 Å². The summed E-state index contributed by atoms with van der Waals surface area (Å²) < 4.78 is 16.2. The molecule has 1 fully saturated rings. The smallest absolute Gasteiger partial charge is 0.265 e. The lowest BCUT2D eigenvalue weighted by molar-refractivity contribution is -0.122. The van der Waals surface area contributed by atoms with E-state index in [1.165, 1.54) is 0 Å². The van der Waals surface area contributed by atoms with Crippen LogP contribution in [0.4, 0.5) is 11.4 Å². The zero-order chi connectivity index (χ0) is 18.4. The second kappa shape index (κ2) is 8.58. The number of rotatable bonds is 6. The largest absolute Gasteiger partial charge is 0.497 e. The topological polar surface area (TPSA) is 60.0 Å². The quantitative estimate of drug-likeness (QED) is 0.862. The van der Waals surface area contributed by atoms with Crippen molar-refractivity contribution in [3.63, 3.8) is 0 Å². The van der Waals surface area contributed by atoms with Crippen LogP contribution in [-0.2, 0) is 9.53 Å². The molecule has 0 spiro atoms. The van der Waals surface area contributed by atoms with Gasteiger partial charge in [-0.1, -0.05) is 6.07 Å². The van der Waals surface area contributed by atoms with E-state index in [-0.39, 0.29) is 5.91 Å². The van der Waals surface area contributed by atoms with Crippen LogP contribution < -0.4 is 19.7 Å². The van der Waals surface area contributed by atoms with Crippen LogP contribution in [0, 0.1) is 0 Å². The van der Waals surface area contributed by atoms with Crippen molar-refractivity contribution in [2.45, 2.75) is 13.0 Å². The van der Waals surface area contributed by atoms with E-state index in [1.54, 1.807) is 26.2 Å². The molecular formula is C20H24N2O4. The standard InChI is InChI=1S/C20H24N2O4/c1-15(26-19-5-3-4-18(14-19)24-2)20(23)21-16-6-8-17(9-7-16)22-10-12-25-13-11-22/h3-9,14-15H,10-13H2,1-2H3,(H,21,23). The molecule has 26 heavy (non-hydrogen) atoms. The minimum Gasteiger partial charge on any atom is -0.497 e. The van der Waals surface area contributed by atoms with Gasteiger partial charge < -0.3 is 24.4 Å². The van der Waals surface area contributed by atoms with Gasteiger partial charge in [0.25, 0.3) is 5.91 Å². The number of hydrogen-bond acceptors (Lipinski definition) is 5. The Kier molecular flexibility index (Phi) is 5.96. The van der Waals surface area contributed by atoms with E-state index in [9.17, 15) is 4.79 Å². The summed E-state index contributed by atoms with van der Waals surface area (Å²) in [6.07, 6.45) is -0.624. The molecule has 0 saturated carbocycles. The summed E-state index contributed by atoms with van der Waals surface area (Å²) in [6, 6.07) is 15.0. The summed E-state index contributed by atoms with van der Waals surface area (Å²) in [5.41, 5.74) is 1.88. The lowest BCUT2D eigenvalue weighted by Crippen LogP contribution is -2.36. The first-order valence-corrected chi connectivity index (χ1v) is 8.70. The van der Waals surface area contributed by atoms with Gasteiger partial charge >= 0.3 is 0 Å². The first kappa shape index (κ1) is 18.1. The second-order valence-corrected chi connectivity index (χ2v) is 6.07. The van der Waals surface area contributed by atoms with E-state index >= 15 is 0 Å². The molecule has 3 rings (SSSR count). The molecule has 0 radical (unpaired) electrons. The number of methoxy groups -OCH3 is 1. The molecular weight excluding hydrogens is 332 g/mol. The van der Waals surface area contributed by atoms with Crippen molar-refractivity contribution in [1.29, 1.82) is 0 Å². The van der Waals surface area contributed by atoms with Crippen LogP contribution in [0.15, 0.2) is 48.5 Å². The predicted octanol–water partition coefficient (Wildman–Crippen LogP) is 2.94. The van der Waals surface area contributed by atoms with Gasteiger partial charge in [0.15, 0.2) is 6.10 Å². The van der Waals surface area contributed by atoms with Gasteiger partial charge in [0.05, 0.1) is 20.3 Å². The molecule has 0 aromatic heterocycles. The number of anilines is 2. The van der Waals surface area contributed by atoms with Crippen molar-refractivity contribution >= 4 is 17.3 Å². The van der Waals surface area contributed by atoms with Gasteiger partial charge in [0, 0.05) is 30.5 Å². The number of amides is 1. The monoisotopic (exact) mass is 356 g/mol. The number of carbonyl (C=O) groups excluding carboxylic acids is 1. The minimum atomic E-state index is -0.624. The molecule has 1 atom stereocenters. The highest BCUT2D eigenvalue weighted by atomic mass is 16.5. The van der Waals surface area contributed by atoms with E-state index in [1.807, 2.05) is 36.4 Å². The first-order valence-electron chi connectivity index (χ1n) is 8.70. The van der Waals surface area contributed by atoms with E-state index in [0.29, 0.717) is 11.5 Å². The van der Waals surface area contributed by atoms with Crippen molar-refractivity contribution in [3.8, 4) is 11.5 Å². The van der Waals surface area contributed by atoms with Crippen molar-refractivity contribution in [1.82, 2.24) is 0 Å². The third-order valence-electron chi connectivity index (χ3n) is 4.23. The Morgan fingerprint density at radius 2 is 1.81 bits per heavy atom. The fourth-order valence-electron chi connectivity index (χ4n) is 2.75. The summed E-state index contributed by atoms with van der Waals surface area (Å²) in [7, 11) is 1.59. The lowest BCUT2D eigenvalue weighted by atomic mass is 10.2. The van der Waals surface area contributed by atoms with E-state index < -0.39 is 6.10 Å². The highest BCUT2D eigenvalue weighted by Crippen LogP contribution is 2.21. The van der Waals surface area contributed by atoms with Crippen LogP contribution in [0.5, 0.6) is 11.5 Å². The molecule has 1 N–H and O–H groups in total. The maximum Gasteiger partial charge on any atom is 0.265 e. The Morgan fingerprint density at radius 3 is 2.50 bits per heavy atom. The first-order chi connectivity index (χ1) is 12.7. The number of morpholine rings is 1. The zero-order valence-electron chi connectivity index (χ0n) is 15.1. The Hall–Kier alpha value is -2.73. The number of nitrogens with zero attached hydrogens (tertiary/aromatic N) is 1. The highest BCUT2D eigenvalue weighted by molar-refractivity contribution is 5.94. The molecule has 6 nitrogen and oxygen atoms in total. The Labute approximate surface area is 153 Å². The highest BCUT2D eigenvalue weighted by Gasteiger charge is 2.16. The fourth-order valence-corrected chi connectivity index (χ4v) is 2.75. The number of nitrogens with one attached hydrogen (secondary N) is 1. The third kappa shape index (κ3) is 4.67. The van der Waals surface area contributed by atoms with Gasteiger partial charge in [0.2, 0.25) is 0 Å². The normalized spacial score (nSPS) is 15.2. The van der Waals surface area contributed by atoms with Crippen molar-refractivity contribution in [3.05, 3.63) is 48.5 Å². The lowest BCUT2D eigenvalue weighted by Gasteiger charge is -2.29. The molecule has 0 bridgehead atoms. The van der Waals surface area contributed by atoms with Crippen LogP contribution in [0.2, 0.25) is 0 Å². The van der Waals surface area contributed by atoms with E-state index in [2.05, 4.69) is 10.2 Å². The number of ether oxygens (including phenoxy) is 3. The van der Waals surface area contributed by atoms with Crippen LogP contribution >= 0.6 is 0 Å². The molecule has 1 aliphatic rings.